The van der Waals surface area contributed by atoms with Gasteiger partial charge in [0, 0.05) is 24.9 Å². The van der Waals surface area contributed by atoms with Gasteiger partial charge in [-0.3, -0.25) is 19.2 Å². The fourth-order valence-corrected chi connectivity index (χ4v) is 9.86. The molecule has 5 saturated carbocycles. The Labute approximate surface area is 255 Å². The average molecular weight is 622 g/mol. The number of fused-ring (bicyclic) bond motifs is 1. The maximum atomic E-state index is 14.4. The number of nitrogens with zero attached hydrogens (tertiary/aromatic N) is 2. The Hall–Kier alpha value is -2.88. The molecule has 0 aromatic heterocycles. The maximum Gasteiger partial charge on any atom is 0.471 e. The lowest BCUT2D eigenvalue weighted by Gasteiger charge is -2.59. The van der Waals surface area contributed by atoms with Gasteiger partial charge in [0.05, 0.1) is 11.7 Å². The minimum Gasteiger partial charge on any atom is -0.361 e. The van der Waals surface area contributed by atoms with E-state index in [-0.39, 0.29) is 30.2 Å². The zero-order chi connectivity index (χ0) is 32.0. The number of ether oxygens (including phenoxy) is 1. The second-order valence-corrected chi connectivity index (χ2v) is 15.6. The highest BCUT2D eigenvalue weighted by Crippen LogP contribution is 2.66. The zero-order valence-electron chi connectivity index (χ0n) is 25.6. The Kier molecular flexibility index (Phi) is 7.30. The van der Waals surface area contributed by atoms with Gasteiger partial charge in [-0.25, -0.2) is 0 Å². The SMILES string of the molecule is CC1(C)CNC(=O)C(C[C@@H](C#N)NC(=O)[C@@H]2[C@@H]3[C@H](CN2C(=O)C(NC(=O)C(F)(F)F)C24CC5CC(CC(C5)C2)C4)C3(C)C)O1. The number of carbonyl (C=O) groups excluding carboxylic acids is 4. The van der Waals surface area contributed by atoms with Gasteiger partial charge in [0.2, 0.25) is 17.7 Å². The van der Waals surface area contributed by atoms with Crippen molar-refractivity contribution < 1.29 is 37.1 Å². The number of likely N-dealkylation sites (tertiary alicyclic amines) is 1. The van der Waals surface area contributed by atoms with E-state index in [2.05, 4.69) is 16.0 Å². The summed E-state index contributed by atoms with van der Waals surface area (Å²) in [6.07, 6.45) is -1.51. The van der Waals surface area contributed by atoms with Crippen molar-refractivity contribution in [1.29, 1.82) is 5.26 Å². The number of amides is 4. The van der Waals surface area contributed by atoms with E-state index in [4.69, 9.17) is 4.74 Å². The fourth-order valence-electron chi connectivity index (χ4n) is 9.86. The number of carbonyl (C=O) groups is 4. The van der Waals surface area contributed by atoms with E-state index in [0.29, 0.717) is 43.6 Å². The standard InChI is InChI=1S/C31H42F3N5O5/c1-28(2)14-36-24(40)20(44-28)8-18(12-35)37-25(41)22-21-19(29(21,3)4)13-39(22)26(42)23(38-27(43)31(32,33)34)30-9-15-5-16(10-30)7-17(6-15)11-30/h15-23H,5-11,13-14H2,1-4H3,(H,36,40)(H,37,41)(H,38,43)/t15?,16?,17?,18-,19-,20?,21-,22-,23?,30?/m0/s1. The summed E-state index contributed by atoms with van der Waals surface area (Å²) in [5.74, 6) is -3.16. The molecule has 0 aromatic rings. The second kappa shape index (κ2) is 10.3. The molecular weight excluding hydrogens is 579 g/mol. The summed E-state index contributed by atoms with van der Waals surface area (Å²) < 4.78 is 46.6. The number of nitrogens with one attached hydrogen (secondary N) is 3. The van der Waals surface area contributed by atoms with E-state index >= 15 is 0 Å². The van der Waals surface area contributed by atoms with E-state index in [1.807, 2.05) is 19.9 Å². The normalized spacial score (nSPS) is 39.0. The number of alkyl halides is 3. The first-order valence-electron chi connectivity index (χ1n) is 15.8. The highest BCUT2D eigenvalue weighted by molar-refractivity contribution is 5.95. The van der Waals surface area contributed by atoms with Gasteiger partial charge in [-0.15, -0.1) is 0 Å². The molecule has 2 unspecified atom stereocenters. The van der Waals surface area contributed by atoms with Gasteiger partial charge in [-0.1, -0.05) is 13.8 Å². The van der Waals surface area contributed by atoms with Crippen molar-refractivity contribution in [2.24, 2.45) is 40.4 Å². The van der Waals surface area contributed by atoms with Gasteiger partial charge < -0.3 is 25.6 Å². The summed E-state index contributed by atoms with van der Waals surface area (Å²) in [5.41, 5.74) is -1.73. The molecule has 2 saturated heterocycles. The topological polar surface area (TPSA) is 141 Å². The van der Waals surface area contributed by atoms with E-state index in [1.165, 1.54) is 4.90 Å². The molecule has 6 atom stereocenters. The number of nitriles is 1. The molecule has 0 aromatic carbocycles. The number of hydrogen-bond acceptors (Lipinski definition) is 6. The number of hydrogen-bond donors (Lipinski definition) is 3. The third kappa shape index (κ3) is 5.35. The van der Waals surface area contributed by atoms with Gasteiger partial charge in [0.15, 0.2) is 0 Å². The van der Waals surface area contributed by atoms with Crippen LogP contribution in [0.3, 0.4) is 0 Å². The Bertz CT molecular complexity index is 1260. The molecule has 0 radical (unpaired) electrons. The van der Waals surface area contributed by atoms with Crippen LogP contribution < -0.4 is 16.0 Å². The fraction of sp³-hybridized carbons (Fsp3) is 0.839. The lowest BCUT2D eigenvalue weighted by Crippen LogP contribution is -2.65. The van der Waals surface area contributed by atoms with Crippen LogP contribution in [0.4, 0.5) is 13.2 Å². The Balaban J connectivity index is 1.25. The number of piperidine rings is 1. The van der Waals surface area contributed by atoms with Crippen molar-refractivity contribution in [2.75, 3.05) is 13.1 Å². The number of halogens is 3. The van der Waals surface area contributed by atoms with Crippen molar-refractivity contribution in [1.82, 2.24) is 20.9 Å². The number of rotatable bonds is 7. The van der Waals surface area contributed by atoms with Crippen molar-refractivity contribution in [3.05, 3.63) is 0 Å². The molecule has 44 heavy (non-hydrogen) atoms. The average Bonchev–Trinajstić information content (AvgIpc) is 3.24. The largest absolute Gasteiger partial charge is 0.471 e. The molecule has 4 bridgehead atoms. The van der Waals surface area contributed by atoms with Crippen molar-refractivity contribution in [2.45, 2.75) is 109 Å². The molecule has 3 N–H and O–H groups in total. The smallest absolute Gasteiger partial charge is 0.361 e. The first-order valence-corrected chi connectivity index (χ1v) is 15.8. The lowest BCUT2D eigenvalue weighted by atomic mass is 9.47. The van der Waals surface area contributed by atoms with Gasteiger partial charge in [0.1, 0.15) is 24.2 Å². The minimum atomic E-state index is -5.16. The molecule has 0 spiro atoms. The molecule has 7 rings (SSSR count). The third-order valence-electron chi connectivity index (χ3n) is 11.6. The van der Waals surface area contributed by atoms with E-state index in [1.54, 1.807) is 13.8 Å². The second-order valence-electron chi connectivity index (χ2n) is 15.6. The molecule has 2 aliphatic heterocycles. The molecule has 13 heteroatoms. The van der Waals surface area contributed by atoms with Gasteiger partial charge in [-0.05, 0) is 87.4 Å². The lowest BCUT2D eigenvalue weighted by molar-refractivity contribution is -0.179. The van der Waals surface area contributed by atoms with Gasteiger partial charge in [-0.2, -0.15) is 18.4 Å². The van der Waals surface area contributed by atoms with E-state index in [9.17, 15) is 37.6 Å². The number of morpholine rings is 1. The van der Waals surface area contributed by atoms with Crippen LogP contribution in [0.1, 0.15) is 72.6 Å². The molecule has 242 valence electrons. The Morgan fingerprint density at radius 3 is 2.20 bits per heavy atom. The summed E-state index contributed by atoms with van der Waals surface area (Å²) >= 11 is 0. The van der Waals surface area contributed by atoms with Crippen molar-refractivity contribution in [3.8, 4) is 6.07 Å². The predicted octanol–water partition coefficient (Wildman–Crippen LogP) is 2.42. The van der Waals surface area contributed by atoms with Gasteiger partial charge in [0.25, 0.3) is 0 Å². The highest BCUT2D eigenvalue weighted by atomic mass is 19.4. The van der Waals surface area contributed by atoms with Crippen LogP contribution in [0.5, 0.6) is 0 Å². The molecule has 2 heterocycles. The first-order chi connectivity index (χ1) is 20.4. The summed E-state index contributed by atoms with van der Waals surface area (Å²) in [4.78, 5) is 54.5. The van der Waals surface area contributed by atoms with Crippen LogP contribution in [0.25, 0.3) is 0 Å². The monoisotopic (exact) mass is 621 g/mol. The summed E-state index contributed by atoms with van der Waals surface area (Å²) in [5, 5.41) is 17.5. The van der Waals surface area contributed by atoms with Crippen LogP contribution >= 0.6 is 0 Å². The van der Waals surface area contributed by atoms with Crippen LogP contribution in [0, 0.1) is 51.8 Å². The molecule has 7 fully saturated rings. The van der Waals surface area contributed by atoms with E-state index in [0.717, 1.165) is 19.3 Å². The molecule has 10 nitrogen and oxygen atoms in total. The molecule has 4 amide bonds. The predicted molar refractivity (Wildman–Crippen MR) is 149 cm³/mol. The Morgan fingerprint density at radius 1 is 1.07 bits per heavy atom. The van der Waals surface area contributed by atoms with Crippen LogP contribution in [-0.2, 0) is 23.9 Å². The summed E-state index contributed by atoms with van der Waals surface area (Å²) in [6, 6.07) is -1.49. The van der Waals surface area contributed by atoms with Crippen LogP contribution in [-0.4, -0.2) is 77.6 Å². The van der Waals surface area contributed by atoms with Crippen LogP contribution in [0.15, 0.2) is 0 Å². The summed E-state index contributed by atoms with van der Waals surface area (Å²) in [6.45, 7) is 8.05. The van der Waals surface area contributed by atoms with Crippen molar-refractivity contribution in [3.63, 3.8) is 0 Å². The van der Waals surface area contributed by atoms with Gasteiger partial charge >= 0.3 is 12.1 Å². The molecule has 7 aliphatic rings. The Morgan fingerprint density at radius 2 is 1.66 bits per heavy atom. The zero-order valence-corrected chi connectivity index (χ0v) is 25.6. The molecular formula is C31H42F3N5O5. The quantitative estimate of drug-likeness (QED) is 0.399. The first kappa shape index (κ1) is 31.1. The van der Waals surface area contributed by atoms with Crippen molar-refractivity contribution >= 4 is 23.6 Å². The maximum absolute atomic E-state index is 14.4. The summed E-state index contributed by atoms with van der Waals surface area (Å²) in [7, 11) is 0. The van der Waals surface area contributed by atoms with Crippen LogP contribution in [0.2, 0.25) is 0 Å². The molecule has 5 aliphatic carbocycles. The minimum absolute atomic E-state index is 0.0497. The third-order valence-corrected chi connectivity index (χ3v) is 11.6. The highest BCUT2D eigenvalue weighted by Gasteiger charge is 2.70. The van der Waals surface area contributed by atoms with E-state index < -0.39 is 65.1 Å².